The SMILES string of the molecule is CN=C(NCCCOC1CCCCC1)NC1CCN(c2ccccc2OC)C1.I. The molecule has 0 radical (unpaired) electrons. The second-order valence-corrected chi connectivity index (χ2v) is 7.73. The normalized spacial score (nSPS) is 20.3. The molecule has 1 aromatic rings. The Bertz CT molecular complexity index is 623. The average molecular weight is 516 g/mol. The number of nitrogens with zero attached hydrogens (tertiary/aromatic N) is 2. The summed E-state index contributed by atoms with van der Waals surface area (Å²) < 4.78 is 11.5. The van der Waals surface area contributed by atoms with Crippen molar-refractivity contribution >= 4 is 35.6 Å². The monoisotopic (exact) mass is 516 g/mol. The smallest absolute Gasteiger partial charge is 0.191 e. The fourth-order valence-corrected chi connectivity index (χ4v) is 4.14. The van der Waals surface area contributed by atoms with Gasteiger partial charge in [-0.25, -0.2) is 0 Å². The number of ether oxygens (including phenoxy) is 2. The summed E-state index contributed by atoms with van der Waals surface area (Å²) in [7, 11) is 3.56. The van der Waals surface area contributed by atoms with Gasteiger partial charge < -0.3 is 25.0 Å². The second kappa shape index (κ2) is 13.2. The molecule has 1 aromatic carbocycles. The first kappa shape index (κ1) is 24.1. The lowest BCUT2D eigenvalue weighted by Gasteiger charge is -2.23. The maximum atomic E-state index is 6.00. The van der Waals surface area contributed by atoms with E-state index >= 15 is 0 Å². The van der Waals surface area contributed by atoms with Crippen molar-refractivity contribution in [3.63, 3.8) is 0 Å². The van der Waals surface area contributed by atoms with Gasteiger partial charge in [-0.1, -0.05) is 31.4 Å². The summed E-state index contributed by atoms with van der Waals surface area (Å²) in [4.78, 5) is 6.76. The Labute approximate surface area is 192 Å². The molecule has 1 saturated carbocycles. The van der Waals surface area contributed by atoms with E-state index in [1.807, 2.05) is 19.2 Å². The van der Waals surface area contributed by atoms with Crippen LogP contribution in [0.1, 0.15) is 44.9 Å². The highest BCUT2D eigenvalue weighted by Gasteiger charge is 2.25. The van der Waals surface area contributed by atoms with Crippen LogP contribution in [0.5, 0.6) is 5.75 Å². The number of aliphatic imine (C=N–C) groups is 1. The summed E-state index contributed by atoms with van der Waals surface area (Å²) in [6.07, 6.45) is 9.09. The van der Waals surface area contributed by atoms with Crippen molar-refractivity contribution in [2.75, 3.05) is 45.3 Å². The molecule has 0 aromatic heterocycles. The lowest BCUT2D eigenvalue weighted by Crippen LogP contribution is -2.45. The molecule has 1 saturated heterocycles. The van der Waals surface area contributed by atoms with Gasteiger partial charge >= 0.3 is 0 Å². The van der Waals surface area contributed by atoms with Crippen LogP contribution in [0.15, 0.2) is 29.3 Å². The Kier molecular flexibility index (Phi) is 10.9. The summed E-state index contributed by atoms with van der Waals surface area (Å²) in [5, 5.41) is 6.99. The van der Waals surface area contributed by atoms with Gasteiger partial charge in [0.1, 0.15) is 5.75 Å². The van der Waals surface area contributed by atoms with E-state index in [1.54, 1.807) is 7.11 Å². The minimum Gasteiger partial charge on any atom is -0.495 e. The highest BCUT2D eigenvalue weighted by Crippen LogP contribution is 2.30. The zero-order valence-electron chi connectivity index (χ0n) is 17.9. The number of methoxy groups -OCH3 is 1. The van der Waals surface area contributed by atoms with Gasteiger partial charge in [-0.3, -0.25) is 4.99 Å². The van der Waals surface area contributed by atoms with E-state index in [2.05, 4.69) is 32.7 Å². The molecule has 1 unspecified atom stereocenters. The van der Waals surface area contributed by atoms with E-state index in [0.717, 1.165) is 56.5 Å². The van der Waals surface area contributed by atoms with Gasteiger partial charge in [0.15, 0.2) is 5.96 Å². The number of hydrogen-bond donors (Lipinski definition) is 2. The minimum absolute atomic E-state index is 0. The van der Waals surface area contributed by atoms with Crippen LogP contribution in [-0.4, -0.2) is 58.5 Å². The summed E-state index contributed by atoms with van der Waals surface area (Å²) in [5.41, 5.74) is 1.16. The van der Waals surface area contributed by atoms with Gasteiger partial charge in [-0.2, -0.15) is 0 Å². The van der Waals surface area contributed by atoms with Crippen molar-refractivity contribution in [2.45, 2.75) is 57.1 Å². The topological polar surface area (TPSA) is 58.1 Å². The predicted octanol–water partition coefficient (Wildman–Crippen LogP) is 3.80. The van der Waals surface area contributed by atoms with Gasteiger partial charge in [-0.15, -0.1) is 24.0 Å². The molecule has 164 valence electrons. The fraction of sp³-hybridized carbons (Fsp3) is 0.682. The number of guanidine groups is 1. The summed E-state index contributed by atoms with van der Waals surface area (Å²) >= 11 is 0. The second-order valence-electron chi connectivity index (χ2n) is 7.73. The molecular formula is C22H37IN4O2. The highest BCUT2D eigenvalue weighted by atomic mass is 127. The summed E-state index contributed by atoms with van der Waals surface area (Å²) in [6, 6.07) is 8.61. The van der Waals surface area contributed by atoms with E-state index in [1.165, 1.54) is 32.1 Å². The van der Waals surface area contributed by atoms with E-state index < -0.39 is 0 Å². The number of nitrogens with one attached hydrogen (secondary N) is 2. The van der Waals surface area contributed by atoms with Crippen molar-refractivity contribution in [1.29, 1.82) is 0 Å². The first-order valence-corrected chi connectivity index (χ1v) is 10.8. The zero-order chi connectivity index (χ0) is 19.6. The van der Waals surface area contributed by atoms with Crippen LogP contribution < -0.4 is 20.3 Å². The van der Waals surface area contributed by atoms with Gasteiger partial charge in [0.25, 0.3) is 0 Å². The van der Waals surface area contributed by atoms with E-state index in [0.29, 0.717) is 12.1 Å². The maximum absolute atomic E-state index is 6.00. The van der Waals surface area contributed by atoms with Crippen molar-refractivity contribution in [3.8, 4) is 5.75 Å². The number of hydrogen-bond acceptors (Lipinski definition) is 4. The Morgan fingerprint density at radius 2 is 1.97 bits per heavy atom. The Morgan fingerprint density at radius 1 is 1.17 bits per heavy atom. The van der Waals surface area contributed by atoms with Crippen LogP contribution in [0.25, 0.3) is 0 Å². The lowest BCUT2D eigenvalue weighted by molar-refractivity contribution is 0.0277. The third-order valence-electron chi connectivity index (χ3n) is 5.70. The fourth-order valence-electron chi connectivity index (χ4n) is 4.14. The average Bonchev–Trinajstić information content (AvgIpc) is 3.21. The molecule has 0 spiro atoms. The first-order valence-electron chi connectivity index (χ1n) is 10.8. The van der Waals surface area contributed by atoms with Crippen LogP contribution in [0.3, 0.4) is 0 Å². The standard InChI is InChI=1S/C22H36N4O2.HI/c1-23-22(24-14-8-16-28-19-9-4-3-5-10-19)25-18-13-15-26(17-18)20-11-6-7-12-21(20)27-2;/h6-7,11-12,18-19H,3-5,8-10,13-17H2,1-2H3,(H2,23,24,25);1H. The molecule has 1 aliphatic carbocycles. The number of halogens is 1. The third kappa shape index (κ3) is 7.51. The van der Waals surface area contributed by atoms with E-state index in [-0.39, 0.29) is 24.0 Å². The molecule has 3 rings (SSSR count). The van der Waals surface area contributed by atoms with Crippen LogP contribution in [-0.2, 0) is 4.74 Å². The lowest BCUT2D eigenvalue weighted by atomic mass is 9.98. The molecule has 2 N–H and O–H groups in total. The Morgan fingerprint density at radius 3 is 2.72 bits per heavy atom. The largest absolute Gasteiger partial charge is 0.495 e. The summed E-state index contributed by atoms with van der Waals surface area (Å²) in [5.74, 6) is 1.81. The molecule has 1 heterocycles. The highest BCUT2D eigenvalue weighted by molar-refractivity contribution is 14.0. The molecule has 1 aliphatic heterocycles. The zero-order valence-corrected chi connectivity index (χ0v) is 20.2. The van der Waals surface area contributed by atoms with Crippen LogP contribution in [0, 0.1) is 0 Å². The number of rotatable bonds is 8. The maximum Gasteiger partial charge on any atom is 0.191 e. The minimum atomic E-state index is 0. The molecule has 2 aliphatic rings. The van der Waals surface area contributed by atoms with Gasteiger partial charge in [0, 0.05) is 39.3 Å². The van der Waals surface area contributed by atoms with Crippen molar-refractivity contribution in [3.05, 3.63) is 24.3 Å². The number of benzene rings is 1. The molecule has 6 nitrogen and oxygen atoms in total. The molecular weight excluding hydrogens is 479 g/mol. The number of para-hydroxylation sites is 2. The molecule has 29 heavy (non-hydrogen) atoms. The molecule has 0 amide bonds. The van der Waals surface area contributed by atoms with E-state index in [9.17, 15) is 0 Å². The van der Waals surface area contributed by atoms with E-state index in [4.69, 9.17) is 9.47 Å². The van der Waals surface area contributed by atoms with Gasteiger partial charge in [0.2, 0.25) is 0 Å². The Balaban J connectivity index is 0.00000300. The van der Waals surface area contributed by atoms with Crippen molar-refractivity contribution in [2.24, 2.45) is 4.99 Å². The van der Waals surface area contributed by atoms with Crippen LogP contribution in [0.4, 0.5) is 5.69 Å². The summed E-state index contributed by atoms with van der Waals surface area (Å²) in [6.45, 7) is 3.69. The Hall–Kier alpha value is -1.22. The van der Waals surface area contributed by atoms with Crippen molar-refractivity contribution in [1.82, 2.24) is 10.6 Å². The molecule has 2 fully saturated rings. The molecule has 7 heteroatoms. The van der Waals surface area contributed by atoms with Crippen LogP contribution in [0.2, 0.25) is 0 Å². The van der Waals surface area contributed by atoms with Gasteiger partial charge in [0.05, 0.1) is 18.9 Å². The van der Waals surface area contributed by atoms with Gasteiger partial charge in [-0.05, 0) is 37.8 Å². The molecule has 0 bridgehead atoms. The van der Waals surface area contributed by atoms with Crippen molar-refractivity contribution < 1.29 is 9.47 Å². The van der Waals surface area contributed by atoms with Crippen LogP contribution >= 0.6 is 24.0 Å². The quantitative estimate of drug-likeness (QED) is 0.238. The molecule has 1 atom stereocenters. The predicted molar refractivity (Wildman–Crippen MR) is 131 cm³/mol. The third-order valence-corrected chi connectivity index (χ3v) is 5.70. The number of anilines is 1. The first-order chi connectivity index (χ1) is 13.8.